The number of para-hydroxylation sites is 2. The molecule has 4 rings (SSSR count). The van der Waals surface area contributed by atoms with Crippen LogP contribution >= 0.6 is 11.3 Å². The van der Waals surface area contributed by atoms with Crippen molar-refractivity contribution in [2.24, 2.45) is 0 Å². The fourth-order valence-corrected chi connectivity index (χ4v) is 3.61. The van der Waals surface area contributed by atoms with E-state index in [1.54, 1.807) is 29.3 Å². The average molecular weight is 389 g/mol. The van der Waals surface area contributed by atoms with Crippen molar-refractivity contribution in [2.75, 3.05) is 7.11 Å². The molecule has 2 aromatic heterocycles. The summed E-state index contributed by atoms with van der Waals surface area (Å²) in [5, 5.41) is 9.69. The molecule has 0 saturated carbocycles. The van der Waals surface area contributed by atoms with Crippen LogP contribution in [0.25, 0.3) is 16.9 Å². The number of benzene rings is 2. The van der Waals surface area contributed by atoms with Crippen LogP contribution in [0.15, 0.2) is 78.3 Å². The van der Waals surface area contributed by atoms with E-state index in [0.29, 0.717) is 23.6 Å². The van der Waals surface area contributed by atoms with Crippen molar-refractivity contribution in [3.05, 3.63) is 88.7 Å². The second-order valence-electron chi connectivity index (χ2n) is 6.13. The summed E-state index contributed by atoms with van der Waals surface area (Å²) in [5.41, 5.74) is 2.76. The molecule has 0 fully saturated rings. The Morgan fingerprint density at radius 1 is 1.07 bits per heavy atom. The Hall–Kier alpha value is -3.38. The first-order valence-electron chi connectivity index (χ1n) is 8.85. The molecule has 0 aliphatic carbocycles. The van der Waals surface area contributed by atoms with Gasteiger partial charge in [-0.1, -0.05) is 36.4 Å². The number of carbonyl (C=O) groups is 1. The van der Waals surface area contributed by atoms with Crippen LogP contribution in [0.1, 0.15) is 15.2 Å². The number of amides is 1. The largest absolute Gasteiger partial charge is 0.496 e. The number of nitrogens with zero attached hydrogens (tertiary/aromatic N) is 2. The third-order valence-corrected chi connectivity index (χ3v) is 5.22. The maximum atomic E-state index is 13.0. The van der Waals surface area contributed by atoms with Gasteiger partial charge in [0.05, 0.1) is 24.9 Å². The number of ether oxygens (including phenoxy) is 1. The molecule has 1 amide bonds. The number of carbonyl (C=O) groups excluding carboxylic acids is 1. The van der Waals surface area contributed by atoms with Crippen LogP contribution in [0.5, 0.6) is 5.75 Å². The van der Waals surface area contributed by atoms with E-state index in [4.69, 9.17) is 9.84 Å². The summed E-state index contributed by atoms with van der Waals surface area (Å²) in [5.74, 6) is 0.504. The summed E-state index contributed by atoms with van der Waals surface area (Å²) in [4.78, 5) is 14.1. The number of hydrogen-bond donors (Lipinski definition) is 1. The molecule has 5 nitrogen and oxygen atoms in total. The van der Waals surface area contributed by atoms with Gasteiger partial charge in [-0.25, -0.2) is 4.68 Å². The molecule has 2 aromatic carbocycles. The highest BCUT2D eigenvalue weighted by Crippen LogP contribution is 2.31. The summed E-state index contributed by atoms with van der Waals surface area (Å²) < 4.78 is 7.21. The smallest absolute Gasteiger partial charge is 0.255 e. The van der Waals surface area contributed by atoms with E-state index < -0.39 is 0 Å². The van der Waals surface area contributed by atoms with Crippen molar-refractivity contribution >= 4 is 17.2 Å². The fourth-order valence-electron chi connectivity index (χ4n) is 2.97. The molecular weight excluding hydrogens is 370 g/mol. The SMILES string of the molecule is COc1ccccc1-c1nn(-c2ccccc2)cc1C(=O)NCc1cccs1. The maximum absolute atomic E-state index is 13.0. The van der Waals surface area contributed by atoms with Crippen LogP contribution < -0.4 is 10.1 Å². The van der Waals surface area contributed by atoms with E-state index in [1.807, 2.05) is 72.1 Å². The number of rotatable bonds is 6. The highest BCUT2D eigenvalue weighted by Gasteiger charge is 2.21. The molecule has 0 aliphatic rings. The number of thiophene rings is 1. The minimum atomic E-state index is -0.170. The summed E-state index contributed by atoms with van der Waals surface area (Å²) >= 11 is 1.61. The van der Waals surface area contributed by atoms with Gasteiger partial charge in [-0.15, -0.1) is 11.3 Å². The Morgan fingerprint density at radius 3 is 2.61 bits per heavy atom. The van der Waals surface area contributed by atoms with Gasteiger partial charge in [0, 0.05) is 16.6 Å². The van der Waals surface area contributed by atoms with Gasteiger partial charge >= 0.3 is 0 Å². The normalized spacial score (nSPS) is 10.6. The van der Waals surface area contributed by atoms with E-state index >= 15 is 0 Å². The van der Waals surface area contributed by atoms with Crippen molar-refractivity contribution in [3.63, 3.8) is 0 Å². The molecule has 6 heteroatoms. The zero-order chi connectivity index (χ0) is 19.3. The summed E-state index contributed by atoms with van der Waals surface area (Å²) in [6, 6.07) is 21.3. The number of aromatic nitrogens is 2. The second kappa shape index (κ2) is 8.10. The highest BCUT2D eigenvalue weighted by atomic mass is 32.1. The van der Waals surface area contributed by atoms with Gasteiger partial charge in [-0.3, -0.25) is 4.79 Å². The fraction of sp³-hybridized carbons (Fsp3) is 0.0909. The minimum absolute atomic E-state index is 0.170. The third kappa shape index (κ3) is 3.68. The molecule has 4 aromatic rings. The zero-order valence-corrected chi connectivity index (χ0v) is 16.1. The van der Waals surface area contributed by atoms with E-state index in [-0.39, 0.29) is 5.91 Å². The van der Waals surface area contributed by atoms with Crippen molar-refractivity contribution in [3.8, 4) is 22.7 Å². The molecule has 2 heterocycles. The molecule has 0 aliphatic heterocycles. The van der Waals surface area contributed by atoms with Crippen molar-refractivity contribution in [1.29, 1.82) is 0 Å². The molecule has 0 atom stereocenters. The lowest BCUT2D eigenvalue weighted by Gasteiger charge is -2.08. The quantitative estimate of drug-likeness (QED) is 0.527. The summed E-state index contributed by atoms with van der Waals surface area (Å²) in [6.07, 6.45) is 1.76. The van der Waals surface area contributed by atoms with E-state index in [2.05, 4.69) is 5.32 Å². The Balaban J connectivity index is 1.74. The van der Waals surface area contributed by atoms with Crippen molar-refractivity contribution in [1.82, 2.24) is 15.1 Å². The van der Waals surface area contributed by atoms with Crippen LogP contribution in [0, 0.1) is 0 Å². The first-order valence-corrected chi connectivity index (χ1v) is 9.73. The number of methoxy groups -OCH3 is 1. The van der Waals surface area contributed by atoms with Gasteiger partial charge in [-0.2, -0.15) is 5.10 Å². The van der Waals surface area contributed by atoms with Gasteiger partial charge in [-0.05, 0) is 35.7 Å². The minimum Gasteiger partial charge on any atom is -0.496 e. The Kier molecular flexibility index (Phi) is 5.21. The van der Waals surface area contributed by atoms with Gasteiger partial charge < -0.3 is 10.1 Å². The van der Waals surface area contributed by atoms with Gasteiger partial charge in [0.15, 0.2) is 0 Å². The van der Waals surface area contributed by atoms with Gasteiger partial charge in [0.25, 0.3) is 5.91 Å². The molecule has 0 saturated heterocycles. The monoisotopic (exact) mass is 389 g/mol. The Morgan fingerprint density at radius 2 is 1.86 bits per heavy atom. The number of hydrogen-bond acceptors (Lipinski definition) is 4. The standard InChI is InChI=1S/C22H19N3O2S/c1-27-20-12-6-5-11-18(20)21-19(22(26)23-14-17-10-7-13-28-17)15-25(24-21)16-8-3-2-4-9-16/h2-13,15H,14H2,1H3,(H,23,26). The third-order valence-electron chi connectivity index (χ3n) is 4.34. The predicted molar refractivity (Wildman–Crippen MR) is 111 cm³/mol. The van der Waals surface area contributed by atoms with Crippen molar-refractivity contribution < 1.29 is 9.53 Å². The van der Waals surface area contributed by atoms with Crippen molar-refractivity contribution in [2.45, 2.75) is 6.54 Å². The Bertz CT molecular complexity index is 1070. The Labute approximate surface area is 167 Å². The lowest BCUT2D eigenvalue weighted by molar-refractivity contribution is 0.0952. The molecule has 140 valence electrons. The van der Waals surface area contributed by atoms with Crippen LogP contribution in [0.2, 0.25) is 0 Å². The average Bonchev–Trinajstić information content (AvgIpc) is 3.43. The molecule has 0 radical (unpaired) electrons. The van der Waals surface area contributed by atoms with Crippen LogP contribution in [-0.4, -0.2) is 22.8 Å². The summed E-state index contributed by atoms with van der Waals surface area (Å²) in [6.45, 7) is 0.485. The first-order chi connectivity index (χ1) is 13.8. The lowest BCUT2D eigenvalue weighted by Crippen LogP contribution is -2.22. The number of nitrogens with one attached hydrogen (secondary N) is 1. The van der Waals surface area contributed by atoms with Crippen LogP contribution in [0.3, 0.4) is 0 Å². The van der Waals surface area contributed by atoms with E-state index in [1.165, 1.54) is 0 Å². The second-order valence-corrected chi connectivity index (χ2v) is 7.17. The van der Waals surface area contributed by atoms with E-state index in [9.17, 15) is 4.79 Å². The van der Waals surface area contributed by atoms with Gasteiger partial charge in [0.2, 0.25) is 0 Å². The molecular formula is C22H19N3O2S. The maximum Gasteiger partial charge on any atom is 0.255 e. The molecule has 0 unspecified atom stereocenters. The zero-order valence-electron chi connectivity index (χ0n) is 15.3. The van der Waals surface area contributed by atoms with Gasteiger partial charge in [0.1, 0.15) is 11.4 Å². The molecule has 0 bridgehead atoms. The topological polar surface area (TPSA) is 56.2 Å². The lowest BCUT2D eigenvalue weighted by atomic mass is 10.1. The predicted octanol–water partition coefficient (Wildman–Crippen LogP) is 4.54. The van der Waals surface area contributed by atoms with E-state index in [0.717, 1.165) is 16.1 Å². The highest BCUT2D eigenvalue weighted by molar-refractivity contribution is 7.09. The van der Waals surface area contributed by atoms with Crippen LogP contribution in [-0.2, 0) is 6.54 Å². The summed E-state index contributed by atoms with van der Waals surface area (Å²) in [7, 11) is 1.61. The molecule has 1 N–H and O–H groups in total. The molecule has 28 heavy (non-hydrogen) atoms. The van der Waals surface area contributed by atoms with Crippen LogP contribution in [0.4, 0.5) is 0 Å². The first kappa shape index (κ1) is 18.0. The molecule has 0 spiro atoms.